The van der Waals surface area contributed by atoms with Crippen LogP contribution in [0.25, 0.3) is 6.08 Å². The van der Waals surface area contributed by atoms with Gasteiger partial charge in [0.15, 0.2) is 11.5 Å². The molecule has 7 heteroatoms. The van der Waals surface area contributed by atoms with E-state index in [9.17, 15) is 10.1 Å². The summed E-state index contributed by atoms with van der Waals surface area (Å²) in [5.41, 5.74) is 0.819. The number of carbonyl (C=O) groups is 1. The second-order valence-electron chi connectivity index (χ2n) is 5.47. The highest BCUT2D eigenvalue weighted by Crippen LogP contribution is 2.37. The molecule has 0 aliphatic rings. The Morgan fingerprint density at radius 1 is 1.25 bits per heavy atom. The summed E-state index contributed by atoms with van der Waals surface area (Å²) >= 11 is 12.3. The van der Waals surface area contributed by atoms with E-state index in [4.69, 9.17) is 32.7 Å². The van der Waals surface area contributed by atoms with E-state index in [0.717, 1.165) is 0 Å². The lowest BCUT2D eigenvalue weighted by atomic mass is 10.1. The Labute approximate surface area is 173 Å². The summed E-state index contributed by atoms with van der Waals surface area (Å²) in [5, 5.41) is 12.7. The molecule has 0 aliphatic carbocycles. The van der Waals surface area contributed by atoms with Crippen molar-refractivity contribution < 1.29 is 14.3 Å². The summed E-state index contributed by atoms with van der Waals surface area (Å²) < 4.78 is 11.1. The summed E-state index contributed by atoms with van der Waals surface area (Å²) in [6.07, 6.45) is 3.00. The number of halogens is 2. The number of hydrogen-bond acceptors (Lipinski definition) is 4. The zero-order chi connectivity index (χ0) is 20.5. The molecule has 144 valence electrons. The van der Waals surface area contributed by atoms with E-state index < -0.39 is 5.91 Å². The number of benzene rings is 2. The first-order valence-electron chi connectivity index (χ1n) is 8.37. The molecule has 0 bridgehead atoms. The molecule has 2 rings (SSSR count). The molecule has 2 aromatic rings. The van der Waals surface area contributed by atoms with Gasteiger partial charge in [-0.1, -0.05) is 48.0 Å². The highest BCUT2D eigenvalue weighted by atomic mass is 35.5. The first kappa shape index (κ1) is 21.4. The molecule has 0 aromatic heterocycles. The molecule has 0 atom stereocenters. The maximum Gasteiger partial charge on any atom is 0.266 e. The minimum Gasteiger partial charge on any atom is -0.490 e. The van der Waals surface area contributed by atoms with Crippen molar-refractivity contribution in [3.05, 3.63) is 70.2 Å². The number of rotatable bonds is 8. The second kappa shape index (κ2) is 10.4. The van der Waals surface area contributed by atoms with Gasteiger partial charge in [-0.25, -0.2) is 0 Å². The maximum absolute atomic E-state index is 12.4. The maximum atomic E-state index is 12.4. The molecule has 0 aliphatic heterocycles. The summed E-state index contributed by atoms with van der Waals surface area (Å²) in [6, 6.07) is 11.9. The Hall–Kier alpha value is -2.94. The number of ether oxygens (including phenoxy) is 2. The van der Waals surface area contributed by atoms with Gasteiger partial charge in [0.05, 0.1) is 22.3 Å². The smallest absolute Gasteiger partial charge is 0.266 e. The number of nitrogens with zero attached hydrogens (tertiary/aromatic N) is 1. The predicted octanol–water partition coefficient (Wildman–Crippen LogP) is 5.50. The highest BCUT2D eigenvalue weighted by molar-refractivity contribution is 6.34. The number of hydrogen-bond donors (Lipinski definition) is 1. The van der Waals surface area contributed by atoms with Gasteiger partial charge in [-0.3, -0.25) is 4.79 Å². The van der Waals surface area contributed by atoms with Crippen molar-refractivity contribution >= 4 is 40.9 Å². The lowest BCUT2D eigenvalue weighted by molar-refractivity contribution is -0.112. The van der Waals surface area contributed by atoms with Crippen LogP contribution in [0.15, 0.2) is 54.6 Å². The molecule has 2 aromatic carbocycles. The van der Waals surface area contributed by atoms with E-state index in [-0.39, 0.29) is 12.2 Å². The second-order valence-corrected chi connectivity index (χ2v) is 6.28. The van der Waals surface area contributed by atoms with Crippen LogP contribution in [-0.2, 0) is 4.79 Å². The first-order valence-corrected chi connectivity index (χ1v) is 9.13. The quantitative estimate of drug-likeness (QED) is 0.350. The van der Waals surface area contributed by atoms with Gasteiger partial charge in [-0.2, -0.15) is 5.26 Å². The minimum atomic E-state index is -0.586. The fourth-order valence-corrected chi connectivity index (χ4v) is 2.74. The predicted molar refractivity (Wildman–Crippen MR) is 112 cm³/mol. The summed E-state index contributed by atoms with van der Waals surface area (Å²) in [7, 11) is 0. The Morgan fingerprint density at radius 2 is 2.00 bits per heavy atom. The Morgan fingerprint density at radius 3 is 2.64 bits per heavy atom. The van der Waals surface area contributed by atoms with Crippen LogP contribution >= 0.6 is 23.2 Å². The molecular weight excluding hydrogens is 399 g/mol. The van der Waals surface area contributed by atoms with Gasteiger partial charge in [-0.05, 0) is 42.8 Å². The van der Waals surface area contributed by atoms with Crippen molar-refractivity contribution in [3.8, 4) is 17.6 Å². The van der Waals surface area contributed by atoms with Crippen LogP contribution in [0, 0.1) is 11.3 Å². The van der Waals surface area contributed by atoms with E-state index in [1.807, 2.05) is 13.0 Å². The largest absolute Gasteiger partial charge is 0.490 e. The van der Waals surface area contributed by atoms with Gasteiger partial charge in [0, 0.05) is 0 Å². The Kier molecular flexibility index (Phi) is 7.94. The Bertz CT molecular complexity index is 949. The average Bonchev–Trinajstić information content (AvgIpc) is 2.67. The molecule has 1 amide bonds. The van der Waals surface area contributed by atoms with Gasteiger partial charge < -0.3 is 14.8 Å². The molecule has 0 saturated carbocycles. The number of anilines is 1. The minimum absolute atomic E-state index is 0.113. The lowest BCUT2D eigenvalue weighted by Crippen LogP contribution is -2.13. The van der Waals surface area contributed by atoms with Gasteiger partial charge in [-0.15, -0.1) is 0 Å². The van der Waals surface area contributed by atoms with Crippen LogP contribution in [0.4, 0.5) is 5.69 Å². The van der Waals surface area contributed by atoms with Crippen LogP contribution in [0.5, 0.6) is 11.5 Å². The summed E-state index contributed by atoms with van der Waals surface area (Å²) in [5.74, 6) is 0.197. The van der Waals surface area contributed by atoms with E-state index in [1.165, 1.54) is 6.08 Å². The fraction of sp³-hybridized carbons (Fsp3) is 0.143. The summed E-state index contributed by atoms with van der Waals surface area (Å²) in [4.78, 5) is 12.4. The first-order chi connectivity index (χ1) is 13.5. The van der Waals surface area contributed by atoms with E-state index >= 15 is 0 Å². The van der Waals surface area contributed by atoms with Crippen LogP contribution in [0.1, 0.15) is 12.5 Å². The highest BCUT2D eigenvalue weighted by Gasteiger charge is 2.15. The molecule has 0 saturated heterocycles. The Balaban J connectivity index is 2.35. The zero-order valence-electron chi connectivity index (χ0n) is 15.2. The van der Waals surface area contributed by atoms with Gasteiger partial charge in [0.2, 0.25) is 0 Å². The van der Waals surface area contributed by atoms with Gasteiger partial charge >= 0.3 is 0 Å². The molecule has 0 unspecified atom stereocenters. The van der Waals surface area contributed by atoms with Crippen molar-refractivity contribution in [2.75, 3.05) is 18.5 Å². The zero-order valence-corrected chi connectivity index (χ0v) is 16.7. The molecule has 0 radical (unpaired) electrons. The van der Waals surface area contributed by atoms with Crippen molar-refractivity contribution in [3.63, 3.8) is 0 Å². The molecular formula is C21H18Cl2N2O3. The number of carbonyl (C=O) groups excluding carboxylic acids is 1. The number of nitriles is 1. The van der Waals surface area contributed by atoms with E-state index in [0.29, 0.717) is 39.4 Å². The van der Waals surface area contributed by atoms with Crippen LogP contribution in [-0.4, -0.2) is 19.1 Å². The van der Waals surface area contributed by atoms with Gasteiger partial charge in [0.25, 0.3) is 5.91 Å². The van der Waals surface area contributed by atoms with Crippen LogP contribution < -0.4 is 14.8 Å². The summed E-state index contributed by atoms with van der Waals surface area (Å²) in [6.45, 7) is 6.08. The van der Waals surface area contributed by atoms with Crippen LogP contribution in [0.2, 0.25) is 10.0 Å². The standard InChI is InChI=1S/C21H18Cl2N2O3/c1-3-9-28-20-17(23)11-14(12-19(20)27-4-2)10-15(13-24)21(26)25-18-8-6-5-7-16(18)22/h3,5-8,10-12H,1,4,9H2,2H3,(H,25,26)/b15-10+. The van der Waals surface area contributed by atoms with Crippen molar-refractivity contribution in [1.82, 2.24) is 0 Å². The number of para-hydroxylation sites is 1. The molecule has 0 heterocycles. The molecule has 28 heavy (non-hydrogen) atoms. The van der Waals surface area contributed by atoms with Crippen molar-refractivity contribution in [1.29, 1.82) is 5.26 Å². The third-order valence-electron chi connectivity index (χ3n) is 3.48. The number of nitrogens with one attached hydrogen (secondary N) is 1. The van der Waals surface area contributed by atoms with E-state index in [1.54, 1.807) is 42.5 Å². The van der Waals surface area contributed by atoms with Crippen molar-refractivity contribution in [2.24, 2.45) is 0 Å². The number of amides is 1. The van der Waals surface area contributed by atoms with Gasteiger partial charge in [0.1, 0.15) is 18.2 Å². The SMILES string of the molecule is C=CCOc1c(Cl)cc(/C=C(\C#N)C(=O)Nc2ccccc2Cl)cc1OCC. The molecule has 0 fully saturated rings. The molecule has 0 spiro atoms. The topological polar surface area (TPSA) is 71.3 Å². The van der Waals surface area contributed by atoms with E-state index in [2.05, 4.69) is 11.9 Å². The third-order valence-corrected chi connectivity index (χ3v) is 4.09. The fourth-order valence-electron chi connectivity index (χ4n) is 2.28. The third kappa shape index (κ3) is 5.53. The van der Waals surface area contributed by atoms with Crippen molar-refractivity contribution in [2.45, 2.75) is 6.92 Å². The molecule has 1 N–H and O–H groups in total. The normalized spacial score (nSPS) is 10.7. The van der Waals surface area contributed by atoms with Crippen LogP contribution in [0.3, 0.4) is 0 Å². The lowest BCUT2D eigenvalue weighted by Gasteiger charge is -2.13. The monoisotopic (exact) mass is 416 g/mol. The average molecular weight is 417 g/mol. The molecule has 5 nitrogen and oxygen atoms in total.